The minimum absolute atomic E-state index is 0.0859. The summed E-state index contributed by atoms with van der Waals surface area (Å²) in [5.41, 5.74) is 0. The van der Waals surface area contributed by atoms with E-state index in [9.17, 15) is 0 Å². The molecule has 0 atom stereocenters. The first-order chi connectivity index (χ1) is 3.89. The predicted octanol–water partition coefficient (Wildman–Crippen LogP) is 0.239. The minimum Gasteiger partial charge on any atom is -0.0630 e. The fraction of sp³-hybridized carbons (Fsp3) is 0.143. The zero-order valence-corrected chi connectivity index (χ0v) is 5.81. The molecule has 0 bridgehead atoms. The summed E-state index contributed by atoms with van der Waals surface area (Å²) >= 11 is 0. The molecule has 0 aromatic heterocycles. The zero-order valence-electron chi connectivity index (χ0n) is 4.81. The summed E-state index contributed by atoms with van der Waals surface area (Å²) in [5.74, 6) is 0. The van der Waals surface area contributed by atoms with E-state index in [1.807, 2.05) is 0 Å². The van der Waals surface area contributed by atoms with Crippen LogP contribution in [0.2, 0.25) is 6.55 Å². The second kappa shape index (κ2) is 1.23. The maximum atomic E-state index is 2.34. The summed E-state index contributed by atoms with van der Waals surface area (Å²) in [6, 6.07) is 8.73. The van der Waals surface area contributed by atoms with Crippen molar-refractivity contribution < 1.29 is 0 Å². The van der Waals surface area contributed by atoms with E-state index in [1.54, 1.807) is 10.4 Å². The van der Waals surface area contributed by atoms with Crippen molar-refractivity contribution in [1.82, 2.24) is 0 Å². The van der Waals surface area contributed by atoms with E-state index < -0.39 is 0 Å². The summed E-state index contributed by atoms with van der Waals surface area (Å²) < 4.78 is 0. The number of benzene rings is 1. The highest BCUT2D eigenvalue weighted by Gasteiger charge is 2.27. The van der Waals surface area contributed by atoms with Gasteiger partial charge in [-0.1, -0.05) is 41.2 Å². The molecule has 39 valence electrons. The van der Waals surface area contributed by atoms with Crippen LogP contribution in [-0.4, -0.2) is 8.80 Å². The van der Waals surface area contributed by atoms with Crippen molar-refractivity contribution in [3.63, 3.8) is 0 Å². The van der Waals surface area contributed by atoms with Gasteiger partial charge in [0.25, 0.3) is 0 Å². The van der Waals surface area contributed by atoms with Gasteiger partial charge >= 0.3 is 0 Å². The van der Waals surface area contributed by atoms with Gasteiger partial charge in [-0.25, -0.2) is 0 Å². The predicted molar refractivity (Wildman–Crippen MR) is 37.3 cm³/mol. The Balaban J connectivity index is 2.58. The maximum absolute atomic E-state index is 2.34. The lowest BCUT2D eigenvalue weighted by Gasteiger charge is -1.69. The molecule has 0 aliphatic carbocycles. The molecular weight excluding hydrogens is 112 g/mol. The van der Waals surface area contributed by atoms with Crippen LogP contribution in [-0.2, 0) is 0 Å². The van der Waals surface area contributed by atoms with Crippen LogP contribution in [0.1, 0.15) is 0 Å². The van der Waals surface area contributed by atoms with E-state index in [0.29, 0.717) is 0 Å². The summed E-state index contributed by atoms with van der Waals surface area (Å²) in [6.45, 7) is 2.34. The van der Waals surface area contributed by atoms with Crippen LogP contribution in [0.5, 0.6) is 0 Å². The molecular formula is C7H7Si. The molecule has 2 rings (SSSR count). The van der Waals surface area contributed by atoms with Gasteiger partial charge in [0.1, 0.15) is 8.80 Å². The third-order valence-corrected chi connectivity index (χ3v) is 3.91. The molecule has 1 aliphatic rings. The molecule has 0 nitrogen and oxygen atoms in total. The monoisotopic (exact) mass is 119 g/mol. The second-order valence-electron chi connectivity index (χ2n) is 2.17. The molecule has 8 heavy (non-hydrogen) atoms. The molecule has 0 saturated heterocycles. The van der Waals surface area contributed by atoms with Crippen molar-refractivity contribution >= 4 is 19.2 Å². The summed E-state index contributed by atoms with van der Waals surface area (Å²) in [7, 11) is -0.0859. The second-order valence-corrected chi connectivity index (χ2v) is 4.50. The van der Waals surface area contributed by atoms with E-state index >= 15 is 0 Å². The fourth-order valence-electron chi connectivity index (χ4n) is 1.05. The molecule has 1 radical (unpaired) electrons. The first kappa shape index (κ1) is 4.33. The number of fused-ring (bicyclic) bond motifs is 1. The number of hydrogen-bond acceptors (Lipinski definition) is 0. The van der Waals surface area contributed by atoms with Gasteiger partial charge in [-0.3, -0.25) is 0 Å². The van der Waals surface area contributed by atoms with E-state index in [-0.39, 0.29) is 8.80 Å². The van der Waals surface area contributed by atoms with Gasteiger partial charge in [0, 0.05) is 0 Å². The minimum atomic E-state index is -0.0859. The molecule has 1 aromatic rings. The summed E-state index contributed by atoms with van der Waals surface area (Å²) in [6.07, 6.45) is 0. The Morgan fingerprint density at radius 1 is 1.12 bits per heavy atom. The highest BCUT2D eigenvalue weighted by Crippen LogP contribution is 1.98. The van der Waals surface area contributed by atoms with E-state index in [0.717, 1.165) is 0 Å². The topological polar surface area (TPSA) is 0 Å². The van der Waals surface area contributed by atoms with Crippen molar-refractivity contribution in [2.24, 2.45) is 0 Å². The van der Waals surface area contributed by atoms with Crippen LogP contribution >= 0.6 is 0 Å². The summed E-state index contributed by atoms with van der Waals surface area (Å²) in [5, 5.41) is 3.27. The molecule has 0 N–H and O–H groups in total. The largest absolute Gasteiger partial charge is 0.117 e. The third-order valence-electron chi connectivity index (χ3n) is 1.67. The highest BCUT2D eigenvalue weighted by molar-refractivity contribution is 7.01. The van der Waals surface area contributed by atoms with Crippen LogP contribution in [0.15, 0.2) is 24.3 Å². The highest BCUT2D eigenvalue weighted by atomic mass is 28.3. The SMILES string of the molecule is C[Si]1c2ccccc21. The van der Waals surface area contributed by atoms with Gasteiger partial charge < -0.3 is 0 Å². The average Bonchev–Trinajstić information content (AvgIpc) is 2.46. The smallest absolute Gasteiger partial charge is 0.0630 e. The Hall–Kier alpha value is -0.563. The van der Waals surface area contributed by atoms with Crippen LogP contribution < -0.4 is 10.4 Å². The van der Waals surface area contributed by atoms with Gasteiger partial charge in [0.2, 0.25) is 0 Å². The molecule has 0 saturated carbocycles. The average molecular weight is 119 g/mol. The van der Waals surface area contributed by atoms with Gasteiger partial charge in [-0.2, -0.15) is 0 Å². The van der Waals surface area contributed by atoms with Crippen molar-refractivity contribution in [2.75, 3.05) is 0 Å². The molecule has 0 unspecified atom stereocenters. The van der Waals surface area contributed by atoms with Gasteiger partial charge in [0.05, 0.1) is 0 Å². The summed E-state index contributed by atoms with van der Waals surface area (Å²) in [4.78, 5) is 0. The van der Waals surface area contributed by atoms with Crippen molar-refractivity contribution in [2.45, 2.75) is 6.55 Å². The van der Waals surface area contributed by atoms with Crippen LogP contribution in [0.25, 0.3) is 0 Å². The fourth-order valence-corrected chi connectivity index (χ4v) is 2.93. The molecule has 0 spiro atoms. The first-order valence-electron chi connectivity index (χ1n) is 2.83. The quantitative estimate of drug-likeness (QED) is 0.429. The lowest BCUT2D eigenvalue weighted by molar-refractivity contribution is 1.87. The molecule has 0 fully saturated rings. The normalized spacial score (nSPS) is 15.6. The molecule has 1 aliphatic heterocycles. The lowest BCUT2D eigenvalue weighted by Crippen LogP contribution is -1.93. The molecule has 0 amide bonds. The first-order valence-corrected chi connectivity index (χ1v) is 4.83. The van der Waals surface area contributed by atoms with Crippen molar-refractivity contribution in [3.8, 4) is 0 Å². The lowest BCUT2D eigenvalue weighted by atomic mass is 10.4. The van der Waals surface area contributed by atoms with Gasteiger partial charge in [-0.05, 0) is 0 Å². The standard InChI is InChI=1S/C7H7Si/c1-8-6-4-2-3-5-7(6)8/h2-5H,1H3. The Morgan fingerprint density at radius 2 is 1.62 bits per heavy atom. The number of hydrogen-bond donors (Lipinski definition) is 0. The Bertz CT molecular complexity index is 194. The Labute approximate surface area is 50.8 Å². The van der Waals surface area contributed by atoms with E-state index in [1.165, 1.54) is 0 Å². The van der Waals surface area contributed by atoms with Crippen molar-refractivity contribution in [3.05, 3.63) is 24.3 Å². The van der Waals surface area contributed by atoms with Crippen LogP contribution in [0.3, 0.4) is 0 Å². The molecule has 1 heteroatoms. The maximum Gasteiger partial charge on any atom is 0.117 e. The molecule has 1 aromatic carbocycles. The Morgan fingerprint density at radius 3 is 2.00 bits per heavy atom. The van der Waals surface area contributed by atoms with Crippen molar-refractivity contribution in [1.29, 1.82) is 0 Å². The third kappa shape index (κ3) is 0.396. The zero-order chi connectivity index (χ0) is 5.56. The van der Waals surface area contributed by atoms with Crippen LogP contribution in [0.4, 0.5) is 0 Å². The van der Waals surface area contributed by atoms with Gasteiger partial charge in [0.15, 0.2) is 0 Å². The van der Waals surface area contributed by atoms with Crippen LogP contribution in [0, 0.1) is 0 Å². The van der Waals surface area contributed by atoms with E-state index in [2.05, 4.69) is 30.8 Å². The molecule has 1 heterocycles. The Kier molecular flexibility index (Phi) is 0.666. The number of rotatable bonds is 0. The van der Waals surface area contributed by atoms with Gasteiger partial charge in [-0.15, -0.1) is 0 Å². The van der Waals surface area contributed by atoms with E-state index in [4.69, 9.17) is 0 Å².